The Morgan fingerprint density at radius 2 is 1.75 bits per heavy atom. The highest BCUT2D eigenvalue weighted by molar-refractivity contribution is 7.89. The fraction of sp³-hybridized carbons (Fsp3) is 0.233. The molecule has 0 radical (unpaired) electrons. The van der Waals surface area contributed by atoms with E-state index in [1.54, 1.807) is 30.5 Å². The Kier molecular flexibility index (Phi) is 7.55. The van der Waals surface area contributed by atoms with Gasteiger partial charge in [0.05, 0.1) is 10.3 Å². The van der Waals surface area contributed by atoms with Gasteiger partial charge < -0.3 is 16.0 Å². The van der Waals surface area contributed by atoms with Crippen molar-refractivity contribution in [1.29, 1.82) is 0 Å². The van der Waals surface area contributed by atoms with Crippen molar-refractivity contribution in [3.8, 4) is 11.1 Å². The first-order chi connectivity index (χ1) is 19.1. The second-order valence-corrected chi connectivity index (χ2v) is 12.0. The van der Waals surface area contributed by atoms with Crippen LogP contribution >= 0.6 is 0 Å². The minimum Gasteiger partial charge on any atom is -0.369 e. The van der Waals surface area contributed by atoms with E-state index < -0.39 is 15.4 Å². The van der Waals surface area contributed by atoms with Crippen LogP contribution in [0.25, 0.3) is 11.1 Å². The van der Waals surface area contributed by atoms with Gasteiger partial charge in [-0.05, 0) is 74.2 Å². The lowest BCUT2D eigenvalue weighted by atomic mass is 9.81. The number of hydrogen-bond acceptors (Lipinski definition) is 7. The Hall–Kier alpha value is -4.28. The molecular weight excluding hydrogens is 524 g/mol. The standard InChI is InChI=1S/C30H32N6O3S/c1-20-8-4-5-11-26(20)30(2,3)28(37)34-22-14-12-21(13-15-22)25-19-32-29-35-23-9-6-10-24(18-23)40(38,39)33-17-7-16-31-27(25)36-29/h4-6,8-15,18-19,33H,7,16-17H2,1-3H3,(H,34,37)(H2,31,32,35,36). The number of carbonyl (C=O) groups is 1. The molecule has 4 aromatic rings. The van der Waals surface area contributed by atoms with Crippen LogP contribution in [0.15, 0.2) is 83.9 Å². The second kappa shape index (κ2) is 11.1. The first kappa shape index (κ1) is 27.3. The van der Waals surface area contributed by atoms with E-state index in [-0.39, 0.29) is 17.3 Å². The van der Waals surface area contributed by atoms with Crippen molar-refractivity contribution in [2.24, 2.45) is 0 Å². The summed E-state index contributed by atoms with van der Waals surface area (Å²) in [6.45, 7) is 6.65. The van der Waals surface area contributed by atoms with E-state index in [2.05, 4.69) is 30.6 Å². The molecule has 0 atom stereocenters. The number of sulfonamides is 1. The van der Waals surface area contributed by atoms with Gasteiger partial charge in [0, 0.05) is 36.2 Å². The normalized spacial score (nSPS) is 14.9. The number of carbonyl (C=O) groups excluding carboxylic acids is 1. The van der Waals surface area contributed by atoms with Crippen molar-refractivity contribution in [2.45, 2.75) is 37.5 Å². The third-order valence-electron chi connectivity index (χ3n) is 6.97. The fourth-order valence-corrected chi connectivity index (χ4v) is 5.78. The Morgan fingerprint density at radius 1 is 0.975 bits per heavy atom. The lowest BCUT2D eigenvalue weighted by Crippen LogP contribution is -2.35. The Labute approximate surface area is 234 Å². The molecule has 206 valence electrons. The van der Waals surface area contributed by atoms with E-state index in [1.165, 1.54) is 0 Å². The quantitative estimate of drug-likeness (QED) is 0.272. The zero-order valence-electron chi connectivity index (χ0n) is 22.7. The van der Waals surface area contributed by atoms with Crippen molar-refractivity contribution in [1.82, 2.24) is 14.7 Å². The molecule has 2 heterocycles. The monoisotopic (exact) mass is 556 g/mol. The van der Waals surface area contributed by atoms with Crippen LogP contribution in [-0.4, -0.2) is 37.4 Å². The molecule has 0 unspecified atom stereocenters. The number of benzene rings is 3. The predicted molar refractivity (Wildman–Crippen MR) is 158 cm³/mol. The van der Waals surface area contributed by atoms with Gasteiger partial charge in [-0.25, -0.2) is 18.1 Å². The summed E-state index contributed by atoms with van der Waals surface area (Å²) in [7, 11) is -3.62. The first-order valence-electron chi connectivity index (χ1n) is 13.1. The number of aryl methyl sites for hydroxylation is 1. The van der Waals surface area contributed by atoms with E-state index in [1.807, 2.05) is 69.3 Å². The summed E-state index contributed by atoms with van der Waals surface area (Å²) < 4.78 is 27.9. The third-order valence-corrected chi connectivity index (χ3v) is 8.43. The average molecular weight is 557 g/mol. The summed E-state index contributed by atoms with van der Waals surface area (Å²) in [6.07, 6.45) is 2.29. The maximum absolute atomic E-state index is 13.2. The van der Waals surface area contributed by atoms with Crippen LogP contribution < -0.4 is 20.7 Å². The van der Waals surface area contributed by atoms with E-state index in [4.69, 9.17) is 0 Å². The van der Waals surface area contributed by atoms with Gasteiger partial charge in [0.15, 0.2) is 0 Å². The number of anilines is 4. The van der Waals surface area contributed by atoms with E-state index in [0.29, 0.717) is 36.1 Å². The van der Waals surface area contributed by atoms with Crippen molar-refractivity contribution >= 4 is 39.1 Å². The highest BCUT2D eigenvalue weighted by Gasteiger charge is 2.31. The van der Waals surface area contributed by atoms with E-state index in [0.717, 1.165) is 22.3 Å². The highest BCUT2D eigenvalue weighted by atomic mass is 32.2. The lowest BCUT2D eigenvalue weighted by molar-refractivity contribution is -0.120. The van der Waals surface area contributed by atoms with Crippen LogP contribution in [0.2, 0.25) is 0 Å². The van der Waals surface area contributed by atoms with Crippen molar-refractivity contribution in [3.05, 3.63) is 90.1 Å². The van der Waals surface area contributed by atoms with E-state index >= 15 is 0 Å². The van der Waals surface area contributed by atoms with Gasteiger partial charge in [0.2, 0.25) is 21.9 Å². The van der Waals surface area contributed by atoms with Gasteiger partial charge in [-0.3, -0.25) is 4.79 Å². The molecule has 5 rings (SSSR count). The van der Waals surface area contributed by atoms with E-state index in [9.17, 15) is 13.2 Å². The Balaban J connectivity index is 1.38. The van der Waals surface area contributed by atoms with Gasteiger partial charge in [0.1, 0.15) is 5.82 Å². The molecule has 1 aliphatic heterocycles. The van der Waals surface area contributed by atoms with Crippen molar-refractivity contribution in [3.63, 3.8) is 0 Å². The maximum Gasteiger partial charge on any atom is 0.240 e. The first-order valence-corrected chi connectivity index (χ1v) is 14.6. The van der Waals surface area contributed by atoms with Crippen molar-refractivity contribution in [2.75, 3.05) is 29.0 Å². The molecule has 0 fully saturated rings. The van der Waals surface area contributed by atoms with Gasteiger partial charge in [-0.2, -0.15) is 4.98 Å². The molecule has 40 heavy (non-hydrogen) atoms. The van der Waals surface area contributed by atoms with Gasteiger partial charge in [-0.1, -0.05) is 42.5 Å². The Bertz CT molecular complexity index is 1650. The molecule has 4 bridgehead atoms. The van der Waals surface area contributed by atoms with Gasteiger partial charge in [0.25, 0.3) is 0 Å². The predicted octanol–water partition coefficient (Wildman–Crippen LogP) is 5.21. The summed E-state index contributed by atoms with van der Waals surface area (Å²) in [5, 5.41) is 9.46. The molecule has 0 aliphatic carbocycles. The molecule has 3 aromatic carbocycles. The Morgan fingerprint density at radius 3 is 2.52 bits per heavy atom. The largest absolute Gasteiger partial charge is 0.369 e. The van der Waals surface area contributed by atoms with Crippen LogP contribution in [0.3, 0.4) is 0 Å². The summed E-state index contributed by atoms with van der Waals surface area (Å²) >= 11 is 0. The molecule has 0 saturated carbocycles. The highest BCUT2D eigenvalue weighted by Crippen LogP contribution is 2.31. The molecule has 1 amide bonds. The third kappa shape index (κ3) is 5.83. The average Bonchev–Trinajstić information content (AvgIpc) is 2.94. The molecule has 4 N–H and O–H groups in total. The zero-order valence-corrected chi connectivity index (χ0v) is 23.5. The summed E-state index contributed by atoms with van der Waals surface area (Å²) in [4.78, 5) is 22.5. The minimum absolute atomic E-state index is 0.0901. The second-order valence-electron chi connectivity index (χ2n) is 10.3. The molecular formula is C30H32N6O3S. The van der Waals surface area contributed by atoms with Crippen LogP contribution in [0.4, 0.5) is 23.1 Å². The molecule has 10 heteroatoms. The van der Waals surface area contributed by atoms with Gasteiger partial charge in [-0.15, -0.1) is 0 Å². The molecule has 9 nitrogen and oxygen atoms in total. The SMILES string of the molecule is Cc1ccccc1C(C)(C)C(=O)Nc1ccc(-c2cnc3nc2NCCCNS(=O)(=O)c2cccc(c2)N3)cc1. The minimum atomic E-state index is -3.62. The van der Waals surface area contributed by atoms with Gasteiger partial charge >= 0.3 is 0 Å². The summed E-state index contributed by atoms with van der Waals surface area (Å²) in [5.74, 6) is 0.872. The number of fused-ring (bicyclic) bond motifs is 4. The molecule has 0 spiro atoms. The maximum atomic E-state index is 13.2. The number of aromatic nitrogens is 2. The lowest BCUT2D eigenvalue weighted by Gasteiger charge is -2.26. The molecule has 1 aromatic heterocycles. The number of amides is 1. The molecule has 0 saturated heterocycles. The van der Waals surface area contributed by atoms with Crippen LogP contribution in [0.1, 0.15) is 31.4 Å². The van der Waals surface area contributed by atoms with Crippen LogP contribution in [0.5, 0.6) is 0 Å². The summed E-state index contributed by atoms with van der Waals surface area (Å²) in [6, 6.07) is 22.0. The number of nitrogens with zero attached hydrogens (tertiary/aromatic N) is 2. The molecule has 1 aliphatic rings. The smallest absolute Gasteiger partial charge is 0.240 e. The van der Waals surface area contributed by atoms with Crippen molar-refractivity contribution < 1.29 is 13.2 Å². The number of nitrogens with one attached hydrogen (secondary N) is 4. The number of rotatable bonds is 4. The fourth-order valence-electron chi connectivity index (χ4n) is 4.66. The van der Waals surface area contributed by atoms with Crippen LogP contribution in [0, 0.1) is 6.92 Å². The number of hydrogen-bond donors (Lipinski definition) is 4. The summed E-state index contributed by atoms with van der Waals surface area (Å²) in [5.41, 5.74) is 4.27. The zero-order chi connectivity index (χ0) is 28.3. The van der Waals surface area contributed by atoms with Crippen LogP contribution in [-0.2, 0) is 20.2 Å². The topological polar surface area (TPSA) is 125 Å².